The number of carboxylic acids is 1. The van der Waals surface area contributed by atoms with Gasteiger partial charge in [0.1, 0.15) is 11.0 Å². The van der Waals surface area contributed by atoms with Crippen molar-refractivity contribution in [3.05, 3.63) is 69.9 Å². The number of alkyl halides is 2. The first-order valence-corrected chi connectivity index (χ1v) is 10.7. The molecule has 31 heavy (non-hydrogen) atoms. The van der Waals surface area contributed by atoms with Crippen molar-refractivity contribution < 1.29 is 33.3 Å². The van der Waals surface area contributed by atoms with Crippen LogP contribution in [0.25, 0.3) is 0 Å². The van der Waals surface area contributed by atoms with Crippen LogP contribution in [-0.4, -0.2) is 52.5 Å². The molecule has 3 rings (SSSR count). The molecule has 2 heterocycles. The summed E-state index contributed by atoms with van der Waals surface area (Å²) in [5.74, 6) is -4.44. The molecule has 1 aliphatic heterocycles. The number of carboxylic acid groups (broad SMARTS) is 1. The Morgan fingerprint density at radius 2 is 2.03 bits per heavy atom. The van der Waals surface area contributed by atoms with E-state index in [0.29, 0.717) is 25.8 Å². The Morgan fingerprint density at radius 3 is 2.71 bits per heavy atom. The highest BCUT2D eigenvalue weighted by atomic mass is 32.1. The number of benzene rings is 1. The molecule has 0 bridgehead atoms. The number of carbonyl (C=O) groups is 2. The second-order valence-corrected chi connectivity index (χ2v) is 8.33. The van der Waals surface area contributed by atoms with E-state index < -0.39 is 30.1 Å². The van der Waals surface area contributed by atoms with Gasteiger partial charge in [0.2, 0.25) is 0 Å². The molecule has 1 amide bonds. The van der Waals surface area contributed by atoms with Gasteiger partial charge in [-0.2, -0.15) is 8.78 Å². The first kappa shape index (κ1) is 22.9. The topological polar surface area (TPSA) is 87.1 Å². The average molecular weight is 451 g/mol. The van der Waals surface area contributed by atoms with Crippen molar-refractivity contribution in [1.29, 1.82) is 0 Å². The summed E-state index contributed by atoms with van der Waals surface area (Å²) >= 11 is 1.18. The van der Waals surface area contributed by atoms with Gasteiger partial charge in [-0.05, 0) is 25.0 Å². The van der Waals surface area contributed by atoms with E-state index in [1.807, 2.05) is 0 Å². The molecule has 1 aromatic heterocycles. The van der Waals surface area contributed by atoms with Gasteiger partial charge in [-0.3, -0.25) is 0 Å². The number of halogens is 2. The zero-order chi connectivity index (χ0) is 22.4. The minimum Gasteiger partial charge on any atom is -0.477 e. The number of rotatable bonds is 9. The summed E-state index contributed by atoms with van der Waals surface area (Å²) in [4.78, 5) is 25.7. The zero-order valence-electron chi connectivity index (χ0n) is 16.6. The van der Waals surface area contributed by atoms with E-state index in [1.165, 1.54) is 52.6 Å². The van der Waals surface area contributed by atoms with Gasteiger partial charge in [0.15, 0.2) is 0 Å². The predicted octanol–water partition coefficient (Wildman–Crippen LogP) is 4.30. The molecule has 2 atom stereocenters. The van der Waals surface area contributed by atoms with Gasteiger partial charge in [0, 0.05) is 23.4 Å². The maximum Gasteiger partial charge on any atom is 0.410 e. The third kappa shape index (κ3) is 5.68. The van der Waals surface area contributed by atoms with Crippen LogP contribution in [0.4, 0.5) is 13.6 Å². The van der Waals surface area contributed by atoms with Gasteiger partial charge in [0.25, 0.3) is 0 Å². The highest BCUT2D eigenvalue weighted by Gasteiger charge is 2.39. The van der Waals surface area contributed by atoms with Crippen LogP contribution in [0, 0.1) is 0 Å². The van der Waals surface area contributed by atoms with Gasteiger partial charge in [0.05, 0.1) is 12.6 Å². The lowest BCUT2D eigenvalue weighted by Gasteiger charge is -2.33. The van der Waals surface area contributed by atoms with Crippen LogP contribution in [0.5, 0.6) is 0 Å². The Balaban J connectivity index is 1.61. The Bertz CT molecular complexity index is 931. The van der Waals surface area contributed by atoms with Crippen LogP contribution in [0.2, 0.25) is 0 Å². The summed E-state index contributed by atoms with van der Waals surface area (Å²) in [6.45, 7) is 0.488. The highest BCUT2D eigenvalue weighted by molar-refractivity contribution is 7.13. The molecule has 1 fully saturated rings. The second kappa shape index (κ2) is 10.0. The number of hydrogen-bond donors (Lipinski definition) is 2. The molecule has 2 N–H and O–H groups in total. The summed E-state index contributed by atoms with van der Waals surface area (Å²) in [7, 11) is 0. The van der Waals surface area contributed by atoms with Crippen molar-refractivity contribution in [2.24, 2.45) is 0 Å². The first-order valence-electron chi connectivity index (χ1n) is 9.84. The number of aromatic carboxylic acids is 1. The highest BCUT2D eigenvalue weighted by Crippen LogP contribution is 2.32. The fourth-order valence-corrected chi connectivity index (χ4v) is 4.22. The molecule has 0 radical (unpaired) electrons. The number of nitrogens with zero attached hydrogens (tertiary/aromatic N) is 1. The van der Waals surface area contributed by atoms with Crippen LogP contribution >= 0.6 is 11.3 Å². The number of aryl methyl sites for hydroxylation is 1. The van der Waals surface area contributed by atoms with Crippen LogP contribution in [0.1, 0.15) is 33.0 Å². The molecule has 9 heteroatoms. The van der Waals surface area contributed by atoms with Crippen LogP contribution in [0.15, 0.2) is 54.6 Å². The number of ether oxygens (including phenoxy) is 1. The molecule has 0 saturated carbocycles. The van der Waals surface area contributed by atoms with Gasteiger partial charge < -0.3 is 19.8 Å². The minimum absolute atomic E-state index is 0.169. The third-order valence-electron chi connectivity index (χ3n) is 5.01. The molecular formula is C22H23F2NO5S. The van der Waals surface area contributed by atoms with E-state index in [2.05, 4.69) is 0 Å². The maximum absolute atomic E-state index is 14.5. The van der Waals surface area contributed by atoms with Gasteiger partial charge in [-0.1, -0.05) is 42.5 Å². The largest absolute Gasteiger partial charge is 0.477 e. The van der Waals surface area contributed by atoms with E-state index in [0.717, 1.165) is 11.0 Å². The molecule has 0 unspecified atom stereocenters. The summed E-state index contributed by atoms with van der Waals surface area (Å²) in [6.07, 6.45) is 1.44. The van der Waals surface area contributed by atoms with E-state index in [-0.39, 0.29) is 17.0 Å². The quantitative estimate of drug-likeness (QED) is 0.555. The van der Waals surface area contributed by atoms with E-state index >= 15 is 0 Å². The van der Waals surface area contributed by atoms with Crippen LogP contribution < -0.4 is 0 Å². The van der Waals surface area contributed by atoms with Crippen molar-refractivity contribution in [3.8, 4) is 0 Å². The fourth-order valence-electron chi connectivity index (χ4n) is 3.33. The second-order valence-electron chi connectivity index (χ2n) is 7.16. The normalized spacial score (nSPS) is 18.2. The van der Waals surface area contributed by atoms with E-state index in [9.17, 15) is 23.5 Å². The van der Waals surface area contributed by atoms with Crippen LogP contribution in [-0.2, 0) is 17.1 Å². The Morgan fingerprint density at radius 1 is 1.29 bits per heavy atom. The number of aliphatic hydroxyl groups excluding tert-OH is 1. The molecule has 166 valence electrons. The summed E-state index contributed by atoms with van der Waals surface area (Å²) < 4.78 is 34.0. The van der Waals surface area contributed by atoms with Crippen molar-refractivity contribution in [2.75, 3.05) is 13.2 Å². The first-order chi connectivity index (χ1) is 14.8. The molecule has 0 spiro atoms. The molecule has 1 aromatic carbocycles. The Kier molecular flexibility index (Phi) is 7.40. The SMILES string of the molecule is O=C(O)c1ccc(CCCN2C(=O)OCC[C@@H]2/C=C/[C@H](O)C(F)(F)c2ccccc2)s1. The van der Waals surface area contributed by atoms with E-state index in [4.69, 9.17) is 9.84 Å². The summed E-state index contributed by atoms with van der Waals surface area (Å²) in [5.41, 5.74) is -0.288. The van der Waals surface area contributed by atoms with Crippen molar-refractivity contribution >= 4 is 23.4 Å². The number of aliphatic hydroxyl groups is 1. The number of cyclic esters (lactones) is 1. The predicted molar refractivity (Wildman–Crippen MR) is 112 cm³/mol. The number of thiophene rings is 1. The molecule has 1 saturated heterocycles. The minimum atomic E-state index is -3.46. The molecule has 0 aliphatic carbocycles. The van der Waals surface area contributed by atoms with Crippen LogP contribution in [0.3, 0.4) is 0 Å². The average Bonchev–Trinajstić information content (AvgIpc) is 3.23. The summed E-state index contributed by atoms with van der Waals surface area (Å²) in [5, 5.41) is 19.1. The summed E-state index contributed by atoms with van der Waals surface area (Å²) in [6, 6.07) is 9.88. The standard InChI is InChI=1S/C22H23F2NO5S/c23-22(24,15-5-2-1-3-6-15)19(26)11-8-16-12-14-30-21(29)25(16)13-4-7-17-9-10-18(31-17)20(27)28/h1-3,5-6,8-11,16,19,26H,4,7,12-14H2,(H,27,28)/b11-8+/t16-,19-/m0/s1. The monoisotopic (exact) mass is 451 g/mol. The van der Waals surface area contributed by atoms with Gasteiger partial charge >= 0.3 is 18.0 Å². The zero-order valence-corrected chi connectivity index (χ0v) is 17.4. The molecule has 6 nitrogen and oxygen atoms in total. The number of amides is 1. The molecular weight excluding hydrogens is 428 g/mol. The maximum atomic E-state index is 14.5. The molecule has 2 aromatic rings. The smallest absolute Gasteiger partial charge is 0.410 e. The Hall–Kier alpha value is -2.78. The Labute approximate surface area is 182 Å². The lowest BCUT2D eigenvalue weighted by molar-refractivity contribution is -0.0930. The van der Waals surface area contributed by atoms with Gasteiger partial charge in [-0.15, -0.1) is 11.3 Å². The van der Waals surface area contributed by atoms with Crippen molar-refractivity contribution in [3.63, 3.8) is 0 Å². The van der Waals surface area contributed by atoms with Gasteiger partial charge in [-0.25, -0.2) is 9.59 Å². The number of hydrogen-bond acceptors (Lipinski definition) is 5. The lowest BCUT2D eigenvalue weighted by atomic mass is 10.0. The lowest BCUT2D eigenvalue weighted by Crippen LogP contribution is -2.45. The molecule has 1 aliphatic rings. The fraction of sp³-hybridized carbons (Fsp3) is 0.364. The van der Waals surface area contributed by atoms with Crippen molar-refractivity contribution in [1.82, 2.24) is 4.90 Å². The number of carbonyl (C=O) groups excluding carboxylic acids is 1. The van der Waals surface area contributed by atoms with Crippen molar-refractivity contribution in [2.45, 2.75) is 37.3 Å². The van der Waals surface area contributed by atoms with E-state index in [1.54, 1.807) is 12.1 Å². The third-order valence-corrected chi connectivity index (χ3v) is 6.15.